The summed E-state index contributed by atoms with van der Waals surface area (Å²) in [5.74, 6) is 0. The van der Waals surface area contributed by atoms with Gasteiger partial charge in [0.1, 0.15) is 0 Å². The average Bonchev–Trinajstić information content (AvgIpc) is 2.21. The van der Waals surface area contributed by atoms with E-state index in [0.29, 0.717) is 0 Å². The molecule has 0 aliphatic rings. The van der Waals surface area contributed by atoms with Crippen molar-refractivity contribution in [2.75, 3.05) is 26.4 Å². The minimum Gasteiger partial charge on any atom is -0.382 e. The van der Waals surface area contributed by atoms with Gasteiger partial charge in [0.05, 0.1) is 0 Å². The van der Waals surface area contributed by atoms with Crippen molar-refractivity contribution >= 4 is 0 Å². The van der Waals surface area contributed by atoms with Gasteiger partial charge in [-0.15, -0.1) is 0 Å². The summed E-state index contributed by atoms with van der Waals surface area (Å²) in [7, 11) is 0. The maximum Gasteiger partial charge on any atom is 0.0466 e. The van der Waals surface area contributed by atoms with Crippen molar-refractivity contribution < 1.29 is 9.47 Å². The normalized spacial score (nSPS) is 10.7. The lowest BCUT2D eigenvalue weighted by Gasteiger charge is -2.03. The fourth-order valence-corrected chi connectivity index (χ4v) is 1.25. The van der Waals surface area contributed by atoms with Gasteiger partial charge in [-0.2, -0.15) is 0 Å². The molecule has 0 fully saturated rings. The first-order chi connectivity index (χ1) is 6.91. The molecule has 0 saturated carbocycles. The Morgan fingerprint density at radius 2 is 1.21 bits per heavy atom. The van der Waals surface area contributed by atoms with Gasteiger partial charge in [0.25, 0.3) is 0 Å². The molecule has 0 aromatic rings. The molecule has 86 valence electrons. The van der Waals surface area contributed by atoms with Crippen molar-refractivity contribution in [3.8, 4) is 0 Å². The van der Waals surface area contributed by atoms with Crippen LogP contribution < -0.4 is 0 Å². The number of hydrogen-bond acceptors (Lipinski definition) is 2. The SMILES string of the molecule is CCCCOCCCCCCOCC. The van der Waals surface area contributed by atoms with E-state index in [4.69, 9.17) is 9.47 Å². The number of ether oxygens (including phenoxy) is 2. The second kappa shape index (κ2) is 12.9. The fraction of sp³-hybridized carbons (Fsp3) is 1.00. The second-order valence-electron chi connectivity index (χ2n) is 3.58. The summed E-state index contributed by atoms with van der Waals surface area (Å²) >= 11 is 0. The highest BCUT2D eigenvalue weighted by Gasteiger charge is 1.91. The van der Waals surface area contributed by atoms with Crippen molar-refractivity contribution in [2.24, 2.45) is 0 Å². The van der Waals surface area contributed by atoms with E-state index in [1.54, 1.807) is 0 Å². The van der Waals surface area contributed by atoms with Crippen LogP contribution in [0.2, 0.25) is 0 Å². The predicted molar refractivity (Wildman–Crippen MR) is 60.7 cm³/mol. The molecule has 14 heavy (non-hydrogen) atoms. The molecule has 0 saturated heterocycles. The molecule has 0 heterocycles. The second-order valence-corrected chi connectivity index (χ2v) is 3.58. The summed E-state index contributed by atoms with van der Waals surface area (Å²) in [6, 6.07) is 0. The molecule has 2 nitrogen and oxygen atoms in total. The maximum absolute atomic E-state index is 5.47. The van der Waals surface area contributed by atoms with Crippen LogP contribution in [0.4, 0.5) is 0 Å². The molecular formula is C12H26O2. The third-order valence-electron chi connectivity index (χ3n) is 2.17. The van der Waals surface area contributed by atoms with Crippen LogP contribution in [-0.2, 0) is 9.47 Å². The van der Waals surface area contributed by atoms with Crippen molar-refractivity contribution in [2.45, 2.75) is 52.4 Å². The minimum absolute atomic E-state index is 0.847. The topological polar surface area (TPSA) is 18.5 Å². The average molecular weight is 202 g/mol. The highest BCUT2D eigenvalue weighted by molar-refractivity contribution is 4.42. The number of rotatable bonds is 11. The standard InChI is InChI=1S/C12H26O2/c1-3-5-10-14-12-9-7-6-8-11-13-4-2/h3-12H2,1-2H3. The Balaban J connectivity index is 2.78. The lowest BCUT2D eigenvalue weighted by Crippen LogP contribution is -1.97. The van der Waals surface area contributed by atoms with Crippen LogP contribution in [0.3, 0.4) is 0 Å². The third kappa shape index (κ3) is 11.9. The van der Waals surface area contributed by atoms with E-state index in [-0.39, 0.29) is 0 Å². The van der Waals surface area contributed by atoms with E-state index in [1.165, 1.54) is 38.5 Å². The molecule has 0 radical (unpaired) electrons. The van der Waals surface area contributed by atoms with Crippen LogP contribution in [0.15, 0.2) is 0 Å². The van der Waals surface area contributed by atoms with Crippen molar-refractivity contribution in [3.63, 3.8) is 0 Å². The summed E-state index contributed by atoms with van der Waals surface area (Å²) in [5, 5.41) is 0. The number of hydrogen-bond donors (Lipinski definition) is 0. The molecule has 0 atom stereocenters. The Kier molecular flexibility index (Phi) is 12.8. The van der Waals surface area contributed by atoms with E-state index >= 15 is 0 Å². The van der Waals surface area contributed by atoms with Gasteiger partial charge < -0.3 is 9.47 Å². The summed E-state index contributed by atoms with van der Waals surface area (Å²) in [5.41, 5.74) is 0. The summed E-state index contributed by atoms with van der Waals surface area (Å²) < 4.78 is 10.7. The zero-order valence-electron chi connectivity index (χ0n) is 9.89. The van der Waals surface area contributed by atoms with Gasteiger partial charge in [0, 0.05) is 26.4 Å². The highest BCUT2D eigenvalue weighted by atomic mass is 16.5. The molecule has 0 aromatic carbocycles. The van der Waals surface area contributed by atoms with Gasteiger partial charge in [0.2, 0.25) is 0 Å². The van der Waals surface area contributed by atoms with Gasteiger partial charge in [0.15, 0.2) is 0 Å². The van der Waals surface area contributed by atoms with Gasteiger partial charge in [-0.1, -0.05) is 26.2 Å². The molecule has 0 aliphatic heterocycles. The minimum atomic E-state index is 0.847. The fourth-order valence-electron chi connectivity index (χ4n) is 1.25. The zero-order chi connectivity index (χ0) is 10.5. The van der Waals surface area contributed by atoms with E-state index in [0.717, 1.165) is 26.4 Å². The molecular weight excluding hydrogens is 176 g/mol. The molecule has 0 aliphatic carbocycles. The largest absolute Gasteiger partial charge is 0.382 e. The summed E-state index contributed by atoms with van der Waals surface area (Å²) in [4.78, 5) is 0. The Labute approximate surface area is 89.0 Å². The first-order valence-electron chi connectivity index (χ1n) is 6.07. The first-order valence-corrected chi connectivity index (χ1v) is 6.07. The van der Waals surface area contributed by atoms with Gasteiger partial charge in [-0.25, -0.2) is 0 Å². The molecule has 0 unspecified atom stereocenters. The Morgan fingerprint density at radius 1 is 0.643 bits per heavy atom. The molecule has 0 amide bonds. The van der Waals surface area contributed by atoms with E-state index in [1.807, 2.05) is 6.92 Å². The molecule has 0 rings (SSSR count). The molecule has 0 bridgehead atoms. The van der Waals surface area contributed by atoms with Gasteiger partial charge >= 0.3 is 0 Å². The Morgan fingerprint density at radius 3 is 1.79 bits per heavy atom. The van der Waals surface area contributed by atoms with Crippen LogP contribution in [-0.4, -0.2) is 26.4 Å². The van der Waals surface area contributed by atoms with Crippen LogP contribution >= 0.6 is 0 Å². The molecule has 2 heteroatoms. The van der Waals surface area contributed by atoms with Crippen LogP contribution in [0.25, 0.3) is 0 Å². The van der Waals surface area contributed by atoms with E-state index in [2.05, 4.69) is 6.92 Å². The lowest BCUT2D eigenvalue weighted by atomic mass is 10.2. The Hall–Kier alpha value is -0.0800. The van der Waals surface area contributed by atoms with Crippen LogP contribution in [0.1, 0.15) is 52.4 Å². The van der Waals surface area contributed by atoms with Crippen molar-refractivity contribution in [1.29, 1.82) is 0 Å². The lowest BCUT2D eigenvalue weighted by molar-refractivity contribution is 0.123. The van der Waals surface area contributed by atoms with Gasteiger partial charge in [-0.05, 0) is 26.2 Å². The predicted octanol–water partition coefficient (Wildman–Crippen LogP) is 3.40. The van der Waals surface area contributed by atoms with E-state index < -0.39 is 0 Å². The quantitative estimate of drug-likeness (QED) is 0.478. The van der Waals surface area contributed by atoms with Crippen molar-refractivity contribution in [3.05, 3.63) is 0 Å². The number of unbranched alkanes of at least 4 members (excludes halogenated alkanes) is 4. The molecule has 0 aromatic heterocycles. The molecule has 0 N–H and O–H groups in total. The summed E-state index contributed by atoms with van der Waals surface area (Å²) in [6.07, 6.45) is 7.38. The molecule has 0 spiro atoms. The Bertz CT molecular complexity index is 82.3. The first kappa shape index (κ1) is 13.9. The zero-order valence-corrected chi connectivity index (χ0v) is 9.89. The summed E-state index contributed by atoms with van der Waals surface area (Å²) in [6.45, 7) is 7.88. The highest BCUT2D eigenvalue weighted by Crippen LogP contribution is 2.00. The van der Waals surface area contributed by atoms with Crippen LogP contribution in [0.5, 0.6) is 0 Å². The van der Waals surface area contributed by atoms with Crippen molar-refractivity contribution in [1.82, 2.24) is 0 Å². The van der Waals surface area contributed by atoms with Crippen LogP contribution in [0, 0.1) is 0 Å². The smallest absolute Gasteiger partial charge is 0.0466 e. The maximum atomic E-state index is 5.47. The van der Waals surface area contributed by atoms with Gasteiger partial charge in [-0.3, -0.25) is 0 Å². The van der Waals surface area contributed by atoms with E-state index in [9.17, 15) is 0 Å². The third-order valence-corrected chi connectivity index (χ3v) is 2.17. The monoisotopic (exact) mass is 202 g/mol.